The maximum Gasteiger partial charge on any atom is 0.310 e. The number of rotatable bonds is 5. The van der Waals surface area contributed by atoms with Gasteiger partial charge in [0.15, 0.2) is 0 Å². The van der Waals surface area contributed by atoms with Crippen molar-refractivity contribution in [1.29, 1.82) is 0 Å². The third kappa shape index (κ3) is 4.30. The Hall–Kier alpha value is -0.900. The van der Waals surface area contributed by atoms with Crippen LogP contribution in [0.4, 0.5) is 19.4 Å². The SMILES string of the molecule is CNCC(O)C(O)c1cccc(S(F)(F)(F)(F)F)c1. The molecule has 2 atom stereocenters. The van der Waals surface area contributed by atoms with E-state index in [1.54, 1.807) is 0 Å². The lowest BCUT2D eigenvalue weighted by molar-refractivity contribution is 0.0201. The summed E-state index contributed by atoms with van der Waals surface area (Å²) in [5, 5.41) is 21.5. The molecule has 0 saturated heterocycles. The first kappa shape index (κ1) is 16.2. The molecule has 112 valence electrons. The normalized spacial score (nSPS) is 19.4. The van der Waals surface area contributed by atoms with E-state index in [2.05, 4.69) is 5.32 Å². The van der Waals surface area contributed by atoms with Crippen LogP contribution in [0.5, 0.6) is 0 Å². The van der Waals surface area contributed by atoms with Crippen LogP contribution in [0.1, 0.15) is 11.7 Å². The summed E-state index contributed by atoms with van der Waals surface area (Å²) < 4.78 is 62.9. The van der Waals surface area contributed by atoms with Gasteiger partial charge in [-0.25, -0.2) is 0 Å². The van der Waals surface area contributed by atoms with Crippen molar-refractivity contribution in [3.63, 3.8) is 0 Å². The number of likely N-dealkylation sites (N-methyl/N-ethyl adjacent to an activating group) is 1. The van der Waals surface area contributed by atoms with Gasteiger partial charge in [0, 0.05) is 6.54 Å². The number of hydrogen-bond donors (Lipinski definition) is 3. The molecule has 3 nitrogen and oxygen atoms in total. The van der Waals surface area contributed by atoms with Crippen molar-refractivity contribution >= 4 is 10.2 Å². The molecule has 2 unspecified atom stereocenters. The fourth-order valence-corrected chi connectivity index (χ4v) is 2.18. The second kappa shape index (κ2) is 4.30. The van der Waals surface area contributed by atoms with Crippen LogP contribution in [-0.4, -0.2) is 29.9 Å². The van der Waals surface area contributed by atoms with E-state index < -0.39 is 32.9 Å². The van der Waals surface area contributed by atoms with Gasteiger partial charge in [0.05, 0.1) is 6.10 Å². The minimum Gasteiger partial charge on any atom is -0.389 e. The smallest absolute Gasteiger partial charge is 0.310 e. The predicted molar refractivity (Wildman–Crippen MR) is 62.7 cm³/mol. The van der Waals surface area contributed by atoms with Crippen molar-refractivity contribution in [1.82, 2.24) is 5.32 Å². The van der Waals surface area contributed by atoms with Gasteiger partial charge in [0.25, 0.3) is 0 Å². The van der Waals surface area contributed by atoms with Gasteiger partial charge in [-0.15, -0.1) is 0 Å². The van der Waals surface area contributed by atoms with Crippen LogP contribution in [-0.2, 0) is 0 Å². The average Bonchev–Trinajstić information content (AvgIpc) is 2.25. The standard InChI is InChI=1S/C10H14F5NO2S/c1-16-6-9(17)10(18)7-3-2-4-8(5-7)19(11,12,13,14)15/h2-5,9-10,16-18H,6H2,1H3. The van der Waals surface area contributed by atoms with Crippen LogP contribution < -0.4 is 5.32 Å². The minimum absolute atomic E-state index is 0.0954. The Morgan fingerprint density at radius 3 is 2.21 bits per heavy atom. The minimum atomic E-state index is -9.78. The Morgan fingerprint density at radius 1 is 1.16 bits per heavy atom. The Kier molecular flexibility index (Phi) is 3.66. The Bertz CT molecular complexity index is 464. The third-order valence-corrected chi connectivity index (χ3v) is 3.57. The zero-order chi connectivity index (χ0) is 15.0. The highest BCUT2D eigenvalue weighted by Gasteiger charge is 2.65. The molecule has 0 aliphatic carbocycles. The molecule has 0 fully saturated rings. The van der Waals surface area contributed by atoms with Crippen molar-refractivity contribution < 1.29 is 29.6 Å². The van der Waals surface area contributed by atoms with Gasteiger partial charge in [-0.2, -0.15) is 0 Å². The molecule has 0 radical (unpaired) electrons. The summed E-state index contributed by atoms with van der Waals surface area (Å²) in [7, 11) is -8.32. The summed E-state index contributed by atoms with van der Waals surface area (Å²) in [6.45, 7) is -0.0954. The van der Waals surface area contributed by atoms with Crippen molar-refractivity contribution in [2.45, 2.75) is 17.1 Å². The molecule has 0 spiro atoms. The molecule has 1 rings (SSSR count). The number of hydrogen-bond acceptors (Lipinski definition) is 3. The Labute approximate surface area is 106 Å². The molecule has 9 heteroatoms. The number of halogens is 5. The Balaban J connectivity index is 3.16. The molecule has 1 aromatic carbocycles. The first-order valence-electron chi connectivity index (χ1n) is 5.20. The van der Waals surface area contributed by atoms with Gasteiger partial charge in [0.2, 0.25) is 0 Å². The summed E-state index contributed by atoms with van der Waals surface area (Å²) >= 11 is 0. The largest absolute Gasteiger partial charge is 0.389 e. The maximum atomic E-state index is 12.6. The van der Waals surface area contributed by atoms with Crippen molar-refractivity contribution in [2.75, 3.05) is 13.6 Å². The molecule has 0 saturated carbocycles. The lowest BCUT2D eigenvalue weighted by Gasteiger charge is -2.40. The number of benzene rings is 1. The van der Waals surface area contributed by atoms with Crippen LogP contribution in [0.2, 0.25) is 0 Å². The van der Waals surface area contributed by atoms with E-state index >= 15 is 0 Å². The molecule has 0 aliphatic rings. The van der Waals surface area contributed by atoms with E-state index in [9.17, 15) is 29.6 Å². The highest BCUT2D eigenvalue weighted by atomic mass is 32.5. The molecule has 1 aromatic rings. The van der Waals surface area contributed by atoms with E-state index in [0.717, 1.165) is 12.1 Å². The van der Waals surface area contributed by atoms with Gasteiger partial charge in [-0.3, -0.25) is 0 Å². The molecule has 0 amide bonds. The monoisotopic (exact) mass is 307 g/mol. The zero-order valence-corrected chi connectivity index (χ0v) is 10.7. The predicted octanol–water partition coefficient (Wildman–Crippen LogP) is 2.96. The van der Waals surface area contributed by atoms with Crippen LogP contribution >= 0.6 is 10.2 Å². The topological polar surface area (TPSA) is 52.5 Å². The lowest BCUT2D eigenvalue weighted by atomic mass is 10.0. The molecule has 0 aromatic heterocycles. The molecule has 0 bridgehead atoms. The third-order valence-electron chi connectivity index (χ3n) is 2.42. The number of aliphatic hydroxyl groups is 2. The van der Waals surface area contributed by atoms with E-state index in [4.69, 9.17) is 0 Å². The first-order chi connectivity index (χ1) is 8.35. The Morgan fingerprint density at radius 2 is 1.74 bits per heavy atom. The van der Waals surface area contributed by atoms with Crippen LogP contribution in [0.25, 0.3) is 0 Å². The average molecular weight is 307 g/mol. The number of aliphatic hydroxyl groups excluding tert-OH is 2. The van der Waals surface area contributed by atoms with E-state index in [1.165, 1.54) is 7.05 Å². The maximum absolute atomic E-state index is 12.6. The van der Waals surface area contributed by atoms with E-state index in [-0.39, 0.29) is 18.7 Å². The van der Waals surface area contributed by atoms with Gasteiger partial charge in [0.1, 0.15) is 11.0 Å². The van der Waals surface area contributed by atoms with Gasteiger partial charge >= 0.3 is 10.2 Å². The lowest BCUT2D eigenvalue weighted by Crippen LogP contribution is -2.29. The molecule has 0 aliphatic heterocycles. The first-order valence-corrected chi connectivity index (χ1v) is 7.15. The van der Waals surface area contributed by atoms with Crippen LogP contribution in [0.15, 0.2) is 29.2 Å². The van der Waals surface area contributed by atoms with E-state index in [1.807, 2.05) is 0 Å². The molecule has 0 heterocycles. The van der Waals surface area contributed by atoms with Gasteiger partial charge < -0.3 is 15.5 Å². The summed E-state index contributed by atoms with van der Waals surface area (Å²) in [5.74, 6) is 0. The van der Waals surface area contributed by atoms with Crippen LogP contribution in [0.3, 0.4) is 0 Å². The van der Waals surface area contributed by atoms with Crippen molar-refractivity contribution in [3.05, 3.63) is 29.8 Å². The highest BCUT2D eigenvalue weighted by molar-refractivity contribution is 8.45. The molecule has 3 N–H and O–H groups in total. The molecular weight excluding hydrogens is 293 g/mol. The summed E-state index contributed by atoms with van der Waals surface area (Å²) in [5.41, 5.74) is -0.423. The summed E-state index contributed by atoms with van der Waals surface area (Å²) in [4.78, 5) is -2.09. The van der Waals surface area contributed by atoms with E-state index in [0.29, 0.717) is 0 Å². The molecule has 19 heavy (non-hydrogen) atoms. The highest BCUT2D eigenvalue weighted by Crippen LogP contribution is 3.02. The zero-order valence-electron chi connectivity index (χ0n) is 9.86. The van der Waals surface area contributed by atoms with Crippen LogP contribution in [0, 0.1) is 0 Å². The quantitative estimate of drug-likeness (QED) is 0.733. The van der Waals surface area contributed by atoms with Gasteiger partial charge in [-0.1, -0.05) is 31.6 Å². The molecular formula is C10H14F5NO2S. The van der Waals surface area contributed by atoms with Crippen molar-refractivity contribution in [3.8, 4) is 0 Å². The van der Waals surface area contributed by atoms with Gasteiger partial charge in [-0.05, 0) is 24.7 Å². The summed E-state index contributed by atoms with van der Waals surface area (Å²) in [6.07, 6.45) is -3.09. The second-order valence-corrected chi connectivity index (χ2v) is 6.52. The fraction of sp³-hybridized carbons (Fsp3) is 0.400. The number of nitrogens with one attached hydrogen (secondary N) is 1. The second-order valence-electron chi connectivity index (χ2n) is 4.11. The summed E-state index contributed by atoms with van der Waals surface area (Å²) in [6, 6.07) is 2.20. The fourth-order valence-electron chi connectivity index (χ4n) is 1.48. The van der Waals surface area contributed by atoms with Crippen molar-refractivity contribution in [2.24, 2.45) is 0 Å².